The third kappa shape index (κ3) is 3.89. The van der Waals surface area contributed by atoms with Gasteiger partial charge in [0, 0.05) is 39.2 Å². The van der Waals surface area contributed by atoms with Crippen LogP contribution >= 0.6 is 0 Å². The molecule has 6 nitrogen and oxygen atoms in total. The third-order valence-electron chi connectivity index (χ3n) is 4.24. The Kier molecular flexibility index (Phi) is 4.85. The van der Waals surface area contributed by atoms with E-state index in [4.69, 9.17) is 4.42 Å². The number of hydrogen-bond acceptors (Lipinski definition) is 5. The van der Waals surface area contributed by atoms with Crippen LogP contribution in [-0.4, -0.2) is 42.0 Å². The van der Waals surface area contributed by atoms with Gasteiger partial charge < -0.3 is 14.2 Å². The first-order valence-corrected chi connectivity index (χ1v) is 8.23. The Bertz CT molecular complexity index is 822. The van der Waals surface area contributed by atoms with Crippen molar-refractivity contribution in [1.82, 2.24) is 9.88 Å². The third-order valence-corrected chi connectivity index (χ3v) is 4.24. The molecule has 1 fully saturated rings. The lowest BCUT2D eigenvalue weighted by Gasteiger charge is -2.33. The molecule has 1 aliphatic heterocycles. The van der Waals surface area contributed by atoms with Gasteiger partial charge in [-0.2, -0.15) is 10.2 Å². The maximum absolute atomic E-state index is 11.4. The summed E-state index contributed by atoms with van der Waals surface area (Å²) >= 11 is 0. The van der Waals surface area contributed by atoms with Crippen molar-refractivity contribution in [3.8, 4) is 6.07 Å². The maximum Gasteiger partial charge on any atom is 0.235 e. The SMILES string of the molecule is CC(=O)N1CCN(c2oc(/C=C/c3ccc(C)cc3)nc2C#N)CC1. The van der Waals surface area contributed by atoms with Gasteiger partial charge >= 0.3 is 0 Å². The molecule has 2 heterocycles. The number of amides is 1. The van der Waals surface area contributed by atoms with Crippen LogP contribution in [0.1, 0.15) is 29.6 Å². The van der Waals surface area contributed by atoms with E-state index in [2.05, 4.69) is 11.1 Å². The number of piperazine rings is 1. The van der Waals surface area contributed by atoms with Gasteiger partial charge in [-0.1, -0.05) is 29.8 Å². The van der Waals surface area contributed by atoms with Crippen molar-refractivity contribution in [2.45, 2.75) is 13.8 Å². The van der Waals surface area contributed by atoms with E-state index in [1.165, 1.54) is 5.56 Å². The van der Waals surface area contributed by atoms with E-state index in [1.807, 2.05) is 42.2 Å². The molecule has 0 aliphatic carbocycles. The molecule has 1 aromatic heterocycles. The number of aromatic nitrogens is 1. The summed E-state index contributed by atoms with van der Waals surface area (Å²) in [5.74, 6) is 0.954. The number of rotatable bonds is 3. The summed E-state index contributed by atoms with van der Waals surface area (Å²) in [4.78, 5) is 19.4. The predicted molar refractivity (Wildman–Crippen MR) is 95.8 cm³/mol. The molecule has 1 aliphatic rings. The van der Waals surface area contributed by atoms with E-state index in [0.29, 0.717) is 38.0 Å². The molecule has 128 valence electrons. The van der Waals surface area contributed by atoms with Crippen LogP contribution in [0.2, 0.25) is 0 Å². The zero-order valence-electron chi connectivity index (χ0n) is 14.4. The summed E-state index contributed by atoms with van der Waals surface area (Å²) < 4.78 is 5.79. The van der Waals surface area contributed by atoms with Crippen molar-refractivity contribution in [2.75, 3.05) is 31.1 Å². The number of benzene rings is 1. The molecule has 1 amide bonds. The van der Waals surface area contributed by atoms with Crippen molar-refractivity contribution < 1.29 is 9.21 Å². The lowest BCUT2D eigenvalue weighted by molar-refractivity contribution is -0.129. The Morgan fingerprint density at radius 2 is 1.88 bits per heavy atom. The summed E-state index contributed by atoms with van der Waals surface area (Å²) in [5, 5.41) is 9.33. The zero-order chi connectivity index (χ0) is 17.8. The van der Waals surface area contributed by atoms with E-state index < -0.39 is 0 Å². The summed E-state index contributed by atoms with van der Waals surface area (Å²) in [7, 11) is 0. The molecule has 0 saturated carbocycles. The fourth-order valence-electron chi connectivity index (χ4n) is 2.76. The van der Waals surface area contributed by atoms with Gasteiger partial charge in [0.1, 0.15) is 6.07 Å². The molecule has 0 unspecified atom stereocenters. The minimum absolute atomic E-state index is 0.0689. The second-order valence-electron chi connectivity index (χ2n) is 6.05. The normalized spacial score (nSPS) is 14.8. The Balaban J connectivity index is 1.75. The molecule has 0 N–H and O–H groups in total. The van der Waals surface area contributed by atoms with Crippen LogP contribution in [0.25, 0.3) is 12.2 Å². The number of anilines is 1. The fraction of sp³-hybridized carbons (Fsp3) is 0.316. The van der Waals surface area contributed by atoms with Gasteiger partial charge in [-0.05, 0) is 18.6 Å². The number of carbonyl (C=O) groups excluding carboxylic acids is 1. The molecular weight excluding hydrogens is 316 g/mol. The lowest BCUT2D eigenvalue weighted by Crippen LogP contribution is -2.48. The molecule has 2 aromatic rings. The van der Waals surface area contributed by atoms with Crippen molar-refractivity contribution in [2.24, 2.45) is 0 Å². The summed E-state index contributed by atoms with van der Waals surface area (Å²) in [5.41, 5.74) is 2.52. The average Bonchev–Trinajstić information content (AvgIpc) is 3.04. The number of nitrogens with zero attached hydrogens (tertiary/aromatic N) is 4. The Labute approximate surface area is 147 Å². The predicted octanol–water partition coefficient (Wildman–Crippen LogP) is 2.69. The molecule has 0 radical (unpaired) electrons. The average molecular weight is 336 g/mol. The lowest BCUT2D eigenvalue weighted by atomic mass is 10.1. The van der Waals surface area contributed by atoms with Gasteiger partial charge in [0.2, 0.25) is 23.4 Å². The van der Waals surface area contributed by atoms with Crippen LogP contribution in [0.4, 0.5) is 5.88 Å². The van der Waals surface area contributed by atoms with Crippen LogP contribution in [0.5, 0.6) is 0 Å². The smallest absolute Gasteiger partial charge is 0.235 e. The highest BCUT2D eigenvalue weighted by atomic mass is 16.4. The van der Waals surface area contributed by atoms with Gasteiger partial charge in [-0.15, -0.1) is 0 Å². The van der Waals surface area contributed by atoms with Crippen molar-refractivity contribution in [3.05, 3.63) is 47.0 Å². The van der Waals surface area contributed by atoms with Gasteiger partial charge in [-0.3, -0.25) is 4.79 Å². The highest BCUT2D eigenvalue weighted by molar-refractivity contribution is 5.73. The van der Waals surface area contributed by atoms with Crippen LogP contribution in [0.15, 0.2) is 28.7 Å². The fourth-order valence-corrected chi connectivity index (χ4v) is 2.76. The zero-order valence-corrected chi connectivity index (χ0v) is 14.4. The second-order valence-corrected chi connectivity index (χ2v) is 6.05. The van der Waals surface area contributed by atoms with Crippen LogP contribution in [0, 0.1) is 18.3 Å². The molecule has 0 atom stereocenters. The first kappa shape index (κ1) is 16.8. The summed E-state index contributed by atoms with van der Waals surface area (Å²) in [6.45, 7) is 6.11. The van der Waals surface area contributed by atoms with Crippen molar-refractivity contribution in [3.63, 3.8) is 0 Å². The number of oxazole rings is 1. The number of nitriles is 1. The largest absolute Gasteiger partial charge is 0.420 e. The van der Waals surface area contributed by atoms with Crippen molar-refractivity contribution >= 4 is 23.9 Å². The first-order valence-electron chi connectivity index (χ1n) is 8.23. The van der Waals surface area contributed by atoms with Crippen LogP contribution in [0.3, 0.4) is 0 Å². The van der Waals surface area contributed by atoms with E-state index in [1.54, 1.807) is 17.9 Å². The van der Waals surface area contributed by atoms with Gasteiger partial charge in [-0.25, -0.2) is 0 Å². The Morgan fingerprint density at radius 3 is 2.48 bits per heavy atom. The Hall–Kier alpha value is -3.07. The number of carbonyl (C=O) groups is 1. The van der Waals surface area contributed by atoms with E-state index in [0.717, 1.165) is 5.56 Å². The van der Waals surface area contributed by atoms with E-state index in [-0.39, 0.29) is 11.6 Å². The highest BCUT2D eigenvalue weighted by Gasteiger charge is 2.24. The molecule has 0 spiro atoms. The van der Waals surface area contributed by atoms with Crippen LogP contribution in [-0.2, 0) is 4.79 Å². The van der Waals surface area contributed by atoms with Crippen molar-refractivity contribution in [1.29, 1.82) is 5.26 Å². The minimum atomic E-state index is 0.0689. The number of aryl methyl sites for hydroxylation is 1. The summed E-state index contributed by atoms with van der Waals surface area (Å²) in [6.07, 6.45) is 3.67. The quantitative estimate of drug-likeness (QED) is 0.861. The number of hydrogen-bond donors (Lipinski definition) is 0. The first-order chi connectivity index (χ1) is 12.1. The topological polar surface area (TPSA) is 73.4 Å². The van der Waals surface area contributed by atoms with E-state index >= 15 is 0 Å². The second kappa shape index (κ2) is 7.22. The standard InChI is InChI=1S/C19H20N4O2/c1-14-3-5-16(6-4-14)7-8-18-21-17(13-20)19(25-18)23-11-9-22(10-12-23)15(2)24/h3-8H,9-12H2,1-2H3/b8-7+. The molecule has 1 aromatic carbocycles. The monoisotopic (exact) mass is 336 g/mol. The van der Waals surface area contributed by atoms with Gasteiger partial charge in [0.25, 0.3) is 0 Å². The molecule has 6 heteroatoms. The Morgan fingerprint density at radius 1 is 1.20 bits per heavy atom. The van der Waals surface area contributed by atoms with Gasteiger partial charge in [0.05, 0.1) is 0 Å². The highest BCUT2D eigenvalue weighted by Crippen LogP contribution is 2.24. The van der Waals surface area contributed by atoms with Gasteiger partial charge in [0.15, 0.2) is 0 Å². The molecule has 0 bridgehead atoms. The minimum Gasteiger partial charge on any atom is -0.420 e. The molecule has 3 rings (SSSR count). The van der Waals surface area contributed by atoms with Crippen LogP contribution < -0.4 is 4.90 Å². The van der Waals surface area contributed by atoms with E-state index in [9.17, 15) is 10.1 Å². The molecule has 1 saturated heterocycles. The maximum atomic E-state index is 11.4. The summed E-state index contributed by atoms with van der Waals surface area (Å²) in [6, 6.07) is 10.2. The molecule has 25 heavy (non-hydrogen) atoms. The molecular formula is C19H20N4O2.